The van der Waals surface area contributed by atoms with E-state index >= 15 is 0 Å². The fourth-order valence-electron chi connectivity index (χ4n) is 2.60. The van der Waals surface area contributed by atoms with Crippen LogP contribution in [0.2, 0.25) is 0 Å². The van der Waals surface area contributed by atoms with Crippen LogP contribution in [0.5, 0.6) is 0 Å². The summed E-state index contributed by atoms with van der Waals surface area (Å²) in [4.78, 5) is 4.41. The third-order valence-corrected chi connectivity index (χ3v) is 4.00. The number of aryl methyl sites for hydroxylation is 1. The van der Waals surface area contributed by atoms with Gasteiger partial charge in [-0.05, 0) is 54.3 Å². The Labute approximate surface area is 171 Å². The van der Waals surface area contributed by atoms with E-state index in [0.717, 1.165) is 24.2 Å². The van der Waals surface area contributed by atoms with Gasteiger partial charge in [-0.3, -0.25) is 4.99 Å². The summed E-state index contributed by atoms with van der Waals surface area (Å²) in [6.45, 7) is 2.78. The van der Waals surface area contributed by atoms with E-state index in [1.54, 1.807) is 6.20 Å². The minimum absolute atomic E-state index is 0. The predicted octanol–water partition coefficient (Wildman–Crippen LogP) is 4.02. The summed E-state index contributed by atoms with van der Waals surface area (Å²) in [5.41, 5.74) is 10.5. The van der Waals surface area contributed by atoms with Crippen molar-refractivity contribution < 1.29 is 0 Å². The van der Waals surface area contributed by atoms with Crippen molar-refractivity contribution in [3.63, 3.8) is 0 Å². The van der Waals surface area contributed by atoms with Gasteiger partial charge in [0.25, 0.3) is 0 Å². The minimum atomic E-state index is 0. The van der Waals surface area contributed by atoms with Crippen molar-refractivity contribution >= 4 is 35.6 Å². The van der Waals surface area contributed by atoms with Gasteiger partial charge in [0.2, 0.25) is 0 Å². The summed E-state index contributed by atoms with van der Waals surface area (Å²) in [6.07, 6.45) is 5.55. The Kier molecular flexibility index (Phi) is 7.65. The molecule has 3 N–H and O–H groups in total. The van der Waals surface area contributed by atoms with Gasteiger partial charge in [-0.25, -0.2) is 4.68 Å². The molecular formula is C20H24IN5. The maximum atomic E-state index is 5.98. The molecule has 6 heteroatoms. The van der Waals surface area contributed by atoms with E-state index in [2.05, 4.69) is 58.7 Å². The molecule has 0 bridgehead atoms. The van der Waals surface area contributed by atoms with Crippen molar-refractivity contribution in [2.45, 2.75) is 19.8 Å². The number of aromatic nitrogens is 2. The van der Waals surface area contributed by atoms with E-state index in [9.17, 15) is 0 Å². The number of anilines is 1. The smallest absolute Gasteiger partial charge is 0.193 e. The first-order valence-corrected chi connectivity index (χ1v) is 8.49. The lowest BCUT2D eigenvalue weighted by atomic mass is 10.1. The maximum absolute atomic E-state index is 5.98. The highest BCUT2D eigenvalue weighted by atomic mass is 127. The zero-order valence-electron chi connectivity index (χ0n) is 14.8. The first-order chi connectivity index (χ1) is 12.2. The van der Waals surface area contributed by atoms with Crippen LogP contribution in [0.3, 0.4) is 0 Å². The summed E-state index contributed by atoms with van der Waals surface area (Å²) in [6, 6.07) is 18.4. The Balaban J connectivity index is 0.00000243. The summed E-state index contributed by atoms with van der Waals surface area (Å²) < 4.78 is 1.84. The number of nitrogens with two attached hydrogens (primary N) is 1. The number of nitrogens with zero attached hydrogens (tertiary/aromatic N) is 3. The van der Waals surface area contributed by atoms with Crippen molar-refractivity contribution in [1.29, 1.82) is 0 Å². The van der Waals surface area contributed by atoms with Crippen LogP contribution in [0, 0.1) is 0 Å². The second-order valence-electron chi connectivity index (χ2n) is 5.81. The van der Waals surface area contributed by atoms with Gasteiger partial charge < -0.3 is 11.1 Å². The Morgan fingerprint density at radius 1 is 1.12 bits per heavy atom. The molecule has 3 rings (SSSR count). The highest BCUT2D eigenvalue weighted by Crippen LogP contribution is 2.11. The Bertz CT molecular complexity index is 826. The fourth-order valence-corrected chi connectivity index (χ4v) is 2.60. The van der Waals surface area contributed by atoms with E-state index in [4.69, 9.17) is 5.73 Å². The normalized spacial score (nSPS) is 11.0. The number of guanidine groups is 1. The van der Waals surface area contributed by atoms with Crippen LogP contribution in [0.15, 0.2) is 72.0 Å². The van der Waals surface area contributed by atoms with Gasteiger partial charge in [-0.1, -0.05) is 31.2 Å². The molecule has 0 aliphatic heterocycles. The maximum Gasteiger partial charge on any atom is 0.193 e. The van der Waals surface area contributed by atoms with Gasteiger partial charge in [-0.2, -0.15) is 5.10 Å². The number of hydrogen-bond donors (Lipinski definition) is 2. The first-order valence-electron chi connectivity index (χ1n) is 8.49. The van der Waals surface area contributed by atoms with Crippen molar-refractivity contribution in [3.8, 4) is 5.69 Å². The van der Waals surface area contributed by atoms with Crippen LogP contribution in [0.25, 0.3) is 5.69 Å². The molecule has 0 unspecified atom stereocenters. The monoisotopic (exact) mass is 461 g/mol. The third-order valence-electron chi connectivity index (χ3n) is 4.00. The van der Waals surface area contributed by atoms with E-state index in [-0.39, 0.29) is 24.0 Å². The summed E-state index contributed by atoms with van der Waals surface area (Å²) >= 11 is 0. The van der Waals surface area contributed by atoms with Crippen LogP contribution in [0.1, 0.15) is 18.1 Å². The molecule has 0 saturated heterocycles. The van der Waals surface area contributed by atoms with Gasteiger partial charge in [0.05, 0.1) is 5.69 Å². The number of nitrogens with one attached hydrogen (secondary N) is 1. The minimum Gasteiger partial charge on any atom is -0.370 e. The lowest BCUT2D eigenvalue weighted by Gasteiger charge is -2.07. The number of hydrogen-bond acceptors (Lipinski definition) is 2. The molecule has 26 heavy (non-hydrogen) atoms. The highest BCUT2D eigenvalue weighted by molar-refractivity contribution is 14.0. The Morgan fingerprint density at radius 2 is 1.92 bits per heavy atom. The van der Waals surface area contributed by atoms with Crippen molar-refractivity contribution in [2.75, 3.05) is 11.9 Å². The SMILES string of the molecule is CCc1cccc(NC(N)=NCCc2ccc(-n3cccn3)cc2)c1.I. The molecule has 0 fully saturated rings. The van der Waals surface area contributed by atoms with Crippen molar-refractivity contribution in [3.05, 3.63) is 78.1 Å². The highest BCUT2D eigenvalue weighted by Gasteiger charge is 1.99. The average Bonchev–Trinajstić information content (AvgIpc) is 3.17. The third kappa shape index (κ3) is 5.59. The fraction of sp³-hybridized carbons (Fsp3) is 0.200. The summed E-state index contributed by atoms with van der Waals surface area (Å²) in [7, 11) is 0. The molecule has 0 atom stereocenters. The molecule has 1 aromatic heterocycles. The zero-order valence-corrected chi connectivity index (χ0v) is 17.1. The standard InChI is InChI=1S/C20H23N5.HI/c1-2-16-5-3-6-18(15-16)24-20(21)22-13-11-17-7-9-19(10-8-17)25-14-4-12-23-25;/h3-10,12,14-15H,2,11,13H2,1H3,(H3,21,22,24);1H. The second kappa shape index (κ2) is 9.96. The molecule has 3 aromatic rings. The zero-order chi connectivity index (χ0) is 17.5. The van der Waals surface area contributed by atoms with E-state index in [1.807, 2.05) is 29.1 Å². The predicted molar refractivity (Wildman–Crippen MR) is 119 cm³/mol. The molecule has 0 saturated carbocycles. The molecule has 0 aliphatic rings. The number of aliphatic imine (C=N–C) groups is 1. The summed E-state index contributed by atoms with van der Waals surface area (Å²) in [5.74, 6) is 0.446. The number of rotatable bonds is 6. The van der Waals surface area contributed by atoms with Gasteiger partial charge in [0.15, 0.2) is 5.96 Å². The lowest BCUT2D eigenvalue weighted by molar-refractivity contribution is 0.877. The molecule has 0 radical (unpaired) electrons. The average molecular weight is 461 g/mol. The molecule has 0 aliphatic carbocycles. The molecule has 1 heterocycles. The number of benzene rings is 2. The van der Waals surface area contributed by atoms with E-state index in [1.165, 1.54) is 11.1 Å². The first kappa shape index (κ1) is 20.0. The van der Waals surface area contributed by atoms with E-state index in [0.29, 0.717) is 12.5 Å². The van der Waals surface area contributed by atoms with Gasteiger partial charge in [-0.15, -0.1) is 24.0 Å². The largest absolute Gasteiger partial charge is 0.370 e. The molecule has 136 valence electrons. The van der Waals surface area contributed by atoms with Crippen LogP contribution in [0.4, 0.5) is 5.69 Å². The van der Waals surface area contributed by atoms with Crippen LogP contribution < -0.4 is 11.1 Å². The van der Waals surface area contributed by atoms with Crippen LogP contribution >= 0.6 is 24.0 Å². The molecule has 0 spiro atoms. The van der Waals surface area contributed by atoms with E-state index < -0.39 is 0 Å². The van der Waals surface area contributed by atoms with Gasteiger partial charge in [0.1, 0.15) is 0 Å². The molecule has 0 amide bonds. The number of halogens is 1. The van der Waals surface area contributed by atoms with Crippen molar-refractivity contribution in [1.82, 2.24) is 9.78 Å². The summed E-state index contributed by atoms with van der Waals surface area (Å²) in [5, 5.41) is 7.37. The Hall–Kier alpha value is -2.35. The molecule has 2 aromatic carbocycles. The van der Waals surface area contributed by atoms with Gasteiger partial charge in [0, 0.05) is 24.6 Å². The second-order valence-corrected chi connectivity index (χ2v) is 5.81. The van der Waals surface area contributed by atoms with Crippen molar-refractivity contribution in [2.24, 2.45) is 10.7 Å². The topological polar surface area (TPSA) is 68.2 Å². The molecular weight excluding hydrogens is 437 g/mol. The lowest BCUT2D eigenvalue weighted by Crippen LogP contribution is -2.23. The Morgan fingerprint density at radius 3 is 2.62 bits per heavy atom. The van der Waals surface area contributed by atoms with Crippen LogP contribution in [-0.2, 0) is 12.8 Å². The quantitative estimate of drug-likeness (QED) is 0.331. The van der Waals surface area contributed by atoms with Crippen LogP contribution in [-0.4, -0.2) is 22.3 Å². The van der Waals surface area contributed by atoms with Gasteiger partial charge >= 0.3 is 0 Å². The molecule has 5 nitrogen and oxygen atoms in total.